The van der Waals surface area contributed by atoms with Crippen LogP contribution >= 0.6 is 0 Å². The van der Waals surface area contributed by atoms with E-state index in [0.29, 0.717) is 16.5 Å². The van der Waals surface area contributed by atoms with Crippen LogP contribution in [0.2, 0.25) is 0 Å². The Hall–Kier alpha value is -2.56. The Bertz CT molecular complexity index is 786. The van der Waals surface area contributed by atoms with Crippen molar-refractivity contribution in [2.45, 2.75) is 0 Å². The maximum Gasteiger partial charge on any atom is 0.235 e. The van der Waals surface area contributed by atoms with Gasteiger partial charge in [-0.15, -0.1) is 0 Å². The zero-order chi connectivity index (χ0) is 12.7. The van der Waals surface area contributed by atoms with E-state index < -0.39 is 5.43 Å². The Labute approximate surface area is 102 Å². The molecule has 5 heteroatoms. The fraction of sp³-hybridized carbons (Fsp3) is 0.0769. The molecule has 0 fully saturated rings. The molecule has 0 saturated heterocycles. The third-order valence-electron chi connectivity index (χ3n) is 2.74. The van der Waals surface area contributed by atoms with Gasteiger partial charge in [-0.2, -0.15) is 5.10 Å². The number of benzene rings is 1. The number of rotatable bonds is 1. The number of para-hydroxylation sites is 1. The lowest BCUT2D eigenvalue weighted by atomic mass is 10.1. The highest BCUT2D eigenvalue weighted by molar-refractivity contribution is 5.81. The lowest BCUT2D eigenvalue weighted by molar-refractivity contribution is 0.449. The van der Waals surface area contributed by atoms with Gasteiger partial charge in [-0.3, -0.25) is 9.48 Å². The Kier molecular flexibility index (Phi) is 2.19. The highest BCUT2D eigenvalue weighted by Crippen LogP contribution is 2.29. The summed E-state index contributed by atoms with van der Waals surface area (Å²) in [5, 5.41) is 14.3. The van der Waals surface area contributed by atoms with E-state index in [0.717, 1.165) is 0 Å². The average Bonchev–Trinajstić information content (AvgIpc) is 2.80. The second-order valence-corrected chi connectivity index (χ2v) is 4.01. The van der Waals surface area contributed by atoms with Gasteiger partial charge in [0.25, 0.3) is 0 Å². The first-order valence-electron chi connectivity index (χ1n) is 5.40. The molecule has 0 aliphatic heterocycles. The minimum absolute atomic E-state index is 0.145. The minimum atomic E-state index is -0.435. The van der Waals surface area contributed by atoms with Gasteiger partial charge in [-0.1, -0.05) is 12.1 Å². The van der Waals surface area contributed by atoms with Crippen LogP contribution in [-0.4, -0.2) is 14.9 Å². The molecule has 1 aromatic carbocycles. The smallest absolute Gasteiger partial charge is 0.235 e. The van der Waals surface area contributed by atoms with Crippen molar-refractivity contribution in [3.05, 3.63) is 46.9 Å². The van der Waals surface area contributed by atoms with E-state index in [1.54, 1.807) is 42.2 Å². The van der Waals surface area contributed by atoms with Crippen LogP contribution in [-0.2, 0) is 7.05 Å². The van der Waals surface area contributed by atoms with Gasteiger partial charge in [-0.25, -0.2) is 0 Å². The molecule has 2 heterocycles. The number of aryl methyl sites for hydroxylation is 1. The maximum atomic E-state index is 12.0. The van der Waals surface area contributed by atoms with Crippen molar-refractivity contribution in [1.29, 1.82) is 0 Å². The molecule has 5 nitrogen and oxygen atoms in total. The van der Waals surface area contributed by atoms with Gasteiger partial charge in [-0.05, 0) is 12.1 Å². The second kappa shape index (κ2) is 3.73. The monoisotopic (exact) mass is 242 g/mol. The van der Waals surface area contributed by atoms with E-state index in [9.17, 15) is 9.90 Å². The van der Waals surface area contributed by atoms with E-state index in [1.807, 2.05) is 0 Å². The lowest BCUT2D eigenvalue weighted by Gasteiger charge is -2.03. The Morgan fingerprint density at radius 3 is 2.83 bits per heavy atom. The topological polar surface area (TPSA) is 68.3 Å². The van der Waals surface area contributed by atoms with Gasteiger partial charge < -0.3 is 9.52 Å². The van der Waals surface area contributed by atoms with Crippen molar-refractivity contribution in [3.8, 4) is 17.1 Å². The molecular formula is C13H10N2O3. The summed E-state index contributed by atoms with van der Waals surface area (Å²) < 4.78 is 7.14. The number of hydrogen-bond acceptors (Lipinski definition) is 4. The summed E-state index contributed by atoms with van der Waals surface area (Å²) in [7, 11) is 1.75. The molecule has 18 heavy (non-hydrogen) atoms. The first-order chi connectivity index (χ1) is 8.66. The quantitative estimate of drug-likeness (QED) is 0.707. The number of hydrogen-bond donors (Lipinski definition) is 1. The van der Waals surface area contributed by atoms with Crippen molar-refractivity contribution in [2.75, 3.05) is 0 Å². The highest BCUT2D eigenvalue weighted by atomic mass is 16.4. The summed E-state index contributed by atoms with van der Waals surface area (Å²) in [4.78, 5) is 12.0. The molecule has 3 aromatic rings. The zero-order valence-electron chi connectivity index (χ0n) is 9.62. The van der Waals surface area contributed by atoms with Crippen LogP contribution in [0.25, 0.3) is 22.3 Å². The van der Waals surface area contributed by atoms with Gasteiger partial charge in [0.2, 0.25) is 11.2 Å². The largest absolute Gasteiger partial charge is 0.502 e. The molecule has 0 aliphatic carbocycles. The van der Waals surface area contributed by atoms with Crippen LogP contribution in [0.15, 0.2) is 45.9 Å². The number of fused-ring (bicyclic) bond motifs is 1. The molecule has 3 rings (SSSR count). The molecule has 0 saturated carbocycles. The van der Waals surface area contributed by atoms with Crippen molar-refractivity contribution < 1.29 is 9.52 Å². The van der Waals surface area contributed by atoms with Gasteiger partial charge in [0.15, 0.2) is 5.76 Å². The normalized spacial score (nSPS) is 10.9. The van der Waals surface area contributed by atoms with Gasteiger partial charge in [0.1, 0.15) is 5.58 Å². The van der Waals surface area contributed by atoms with E-state index in [2.05, 4.69) is 5.10 Å². The Morgan fingerprint density at radius 1 is 1.33 bits per heavy atom. The predicted octanol–water partition coefficient (Wildman–Crippen LogP) is 1.90. The standard InChI is InChI=1S/C13H10N2O3/c1-15-7-8(6-14-15)13-12(17)11(16)9-4-2-3-5-10(9)18-13/h2-7,17H,1H3. The minimum Gasteiger partial charge on any atom is -0.502 e. The molecule has 0 atom stereocenters. The van der Waals surface area contributed by atoms with E-state index in [1.165, 1.54) is 6.20 Å². The third-order valence-corrected chi connectivity index (χ3v) is 2.74. The summed E-state index contributed by atoms with van der Waals surface area (Å²) >= 11 is 0. The molecular weight excluding hydrogens is 232 g/mol. The van der Waals surface area contributed by atoms with Crippen molar-refractivity contribution in [1.82, 2.24) is 9.78 Å². The van der Waals surface area contributed by atoms with Gasteiger partial charge >= 0.3 is 0 Å². The van der Waals surface area contributed by atoms with Crippen LogP contribution in [0.4, 0.5) is 0 Å². The van der Waals surface area contributed by atoms with Crippen LogP contribution < -0.4 is 5.43 Å². The second-order valence-electron chi connectivity index (χ2n) is 4.01. The Balaban J connectivity index is 2.37. The molecule has 0 unspecified atom stereocenters. The molecule has 0 radical (unpaired) electrons. The molecule has 1 N–H and O–H groups in total. The highest BCUT2D eigenvalue weighted by Gasteiger charge is 2.15. The first-order valence-corrected chi connectivity index (χ1v) is 5.40. The third kappa shape index (κ3) is 1.48. The predicted molar refractivity (Wildman–Crippen MR) is 66.4 cm³/mol. The number of aromatic nitrogens is 2. The van der Waals surface area contributed by atoms with Crippen molar-refractivity contribution in [3.63, 3.8) is 0 Å². The summed E-state index contributed by atoms with van der Waals surface area (Å²) in [5.41, 5.74) is 0.577. The van der Waals surface area contributed by atoms with E-state index >= 15 is 0 Å². The summed E-state index contributed by atoms with van der Waals surface area (Å²) in [6, 6.07) is 6.81. The van der Waals surface area contributed by atoms with Crippen LogP contribution in [0.5, 0.6) is 5.75 Å². The summed E-state index contributed by atoms with van der Waals surface area (Å²) in [5.74, 6) is -0.242. The van der Waals surface area contributed by atoms with Gasteiger partial charge in [0, 0.05) is 13.2 Å². The first kappa shape index (κ1) is 10.6. The summed E-state index contributed by atoms with van der Waals surface area (Å²) in [6.07, 6.45) is 3.21. The number of nitrogens with zero attached hydrogens (tertiary/aromatic N) is 2. The number of aromatic hydroxyl groups is 1. The van der Waals surface area contributed by atoms with Crippen LogP contribution in [0.1, 0.15) is 0 Å². The molecule has 90 valence electrons. The molecule has 0 spiro atoms. The SMILES string of the molecule is Cn1cc(-c2oc3ccccc3c(=O)c2O)cn1. The maximum absolute atomic E-state index is 12.0. The summed E-state index contributed by atoms with van der Waals surface area (Å²) in [6.45, 7) is 0. The molecule has 0 amide bonds. The van der Waals surface area contributed by atoms with Crippen molar-refractivity contribution >= 4 is 11.0 Å². The van der Waals surface area contributed by atoms with Crippen LogP contribution in [0.3, 0.4) is 0 Å². The van der Waals surface area contributed by atoms with Gasteiger partial charge in [0.05, 0.1) is 17.1 Å². The lowest BCUT2D eigenvalue weighted by Crippen LogP contribution is -2.02. The fourth-order valence-corrected chi connectivity index (χ4v) is 1.87. The molecule has 0 aliphatic rings. The van der Waals surface area contributed by atoms with E-state index in [-0.39, 0.29) is 11.5 Å². The van der Waals surface area contributed by atoms with E-state index in [4.69, 9.17) is 4.42 Å². The van der Waals surface area contributed by atoms with Crippen molar-refractivity contribution in [2.24, 2.45) is 7.05 Å². The fourth-order valence-electron chi connectivity index (χ4n) is 1.87. The zero-order valence-corrected chi connectivity index (χ0v) is 9.62. The Morgan fingerprint density at radius 2 is 2.11 bits per heavy atom. The molecule has 2 aromatic heterocycles. The van der Waals surface area contributed by atoms with Crippen LogP contribution in [0, 0.1) is 0 Å². The molecule has 0 bridgehead atoms. The average molecular weight is 242 g/mol.